The fourth-order valence-electron chi connectivity index (χ4n) is 2.35. The van der Waals surface area contributed by atoms with Gasteiger partial charge in [0.2, 0.25) is 0 Å². The van der Waals surface area contributed by atoms with E-state index in [0.29, 0.717) is 12.6 Å². The average molecular weight is 315 g/mol. The molecule has 1 heterocycles. The maximum atomic E-state index is 13.9. The molecule has 0 saturated carbocycles. The van der Waals surface area contributed by atoms with E-state index in [2.05, 4.69) is 46.9 Å². The molecular weight excluding hydrogens is 295 g/mol. The highest BCUT2D eigenvalue weighted by atomic mass is 79.9. The number of hydrogen-bond acceptors (Lipinski definition) is 2. The Bertz CT molecular complexity index is 434. The van der Waals surface area contributed by atoms with Gasteiger partial charge in [0.15, 0.2) is 0 Å². The van der Waals surface area contributed by atoms with Crippen LogP contribution in [0, 0.1) is 5.82 Å². The van der Waals surface area contributed by atoms with Gasteiger partial charge in [-0.25, -0.2) is 4.39 Å². The minimum atomic E-state index is -0.132. The third-order valence-electron chi connectivity index (χ3n) is 3.49. The first-order valence-corrected chi connectivity index (χ1v) is 7.10. The van der Waals surface area contributed by atoms with Crippen molar-refractivity contribution in [3.63, 3.8) is 0 Å². The van der Waals surface area contributed by atoms with Gasteiger partial charge in [-0.1, -0.05) is 22.0 Å². The smallest absolute Gasteiger partial charge is 0.128 e. The van der Waals surface area contributed by atoms with Crippen LogP contribution in [0.4, 0.5) is 4.39 Å². The molecule has 1 N–H and O–H groups in total. The zero-order valence-corrected chi connectivity index (χ0v) is 12.7. The maximum absolute atomic E-state index is 13.9. The normalized spacial score (nSPS) is 24.2. The van der Waals surface area contributed by atoms with E-state index in [1.807, 2.05) is 12.1 Å². The molecule has 4 heteroatoms. The van der Waals surface area contributed by atoms with Crippen LogP contribution in [0.1, 0.15) is 26.3 Å². The second-order valence-electron chi connectivity index (χ2n) is 5.75. The fourth-order valence-corrected chi connectivity index (χ4v) is 2.69. The number of hydrogen-bond donors (Lipinski definition) is 1. The molecule has 0 aromatic heterocycles. The van der Waals surface area contributed by atoms with Crippen molar-refractivity contribution in [2.45, 2.75) is 38.9 Å². The lowest BCUT2D eigenvalue weighted by Crippen LogP contribution is -2.60. The standard InChI is InChI=1S/C14H20BrFN2/c1-10-7-17-14(2,3)9-18(10)8-11-4-5-12(15)6-13(11)16/h4-6,10,17H,7-9H2,1-3H3. The molecule has 1 unspecified atom stereocenters. The van der Waals surface area contributed by atoms with E-state index in [1.165, 1.54) is 6.07 Å². The van der Waals surface area contributed by atoms with E-state index in [9.17, 15) is 4.39 Å². The third kappa shape index (κ3) is 3.31. The highest BCUT2D eigenvalue weighted by Crippen LogP contribution is 2.21. The summed E-state index contributed by atoms with van der Waals surface area (Å²) in [4.78, 5) is 2.34. The Labute approximate surface area is 117 Å². The molecule has 0 aliphatic carbocycles. The van der Waals surface area contributed by atoms with Crippen molar-refractivity contribution < 1.29 is 4.39 Å². The zero-order valence-electron chi connectivity index (χ0n) is 11.1. The molecule has 0 spiro atoms. The molecule has 1 fully saturated rings. The van der Waals surface area contributed by atoms with Crippen LogP contribution in [0.3, 0.4) is 0 Å². The van der Waals surface area contributed by atoms with Crippen molar-refractivity contribution in [1.29, 1.82) is 0 Å². The summed E-state index contributed by atoms with van der Waals surface area (Å²) in [6.45, 7) is 9.10. The lowest BCUT2D eigenvalue weighted by atomic mass is 9.98. The summed E-state index contributed by atoms with van der Waals surface area (Å²) in [5.41, 5.74) is 0.862. The lowest BCUT2D eigenvalue weighted by Gasteiger charge is -2.43. The summed E-state index contributed by atoms with van der Waals surface area (Å²) in [7, 11) is 0. The molecule has 0 bridgehead atoms. The van der Waals surface area contributed by atoms with Gasteiger partial charge >= 0.3 is 0 Å². The van der Waals surface area contributed by atoms with Gasteiger partial charge in [0.25, 0.3) is 0 Å². The number of benzene rings is 1. The summed E-state index contributed by atoms with van der Waals surface area (Å²) < 4.78 is 14.6. The minimum Gasteiger partial charge on any atom is -0.309 e. The molecular formula is C14H20BrFN2. The van der Waals surface area contributed by atoms with E-state index in [1.54, 1.807) is 0 Å². The SMILES string of the molecule is CC1CNC(C)(C)CN1Cc1ccc(Br)cc1F. The van der Waals surface area contributed by atoms with Crippen LogP contribution in [0.25, 0.3) is 0 Å². The Morgan fingerprint density at radius 1 is 1.50 bits per heavy atom. The molecule has 1 saturated heterocycles. The van der Waals surface area contributed by atoms with Crippen LogP contribution in [0.2, 0.25) is 0 Å². The van der Waals surface area contributed by atoms with Gasteiger partial charge in [0.1, 0.15) is 5.82 Å². The predicted octanol–water partition coefficient (Wildman–Crippen LogP) is 3.16. The Morgan fingerprint density at radius 3 is 2.89 bits per heavy atom. The van der Waals surface area contributed by atoms with Gasteiger partial charge < -0.3 is 5.32 Å². The Balaban J connectivity index is 2.12. The van der Waals surface area contributed by atoms with Crippen molar-refractivity contribution in [2.24, 2.45) is 0 Å². The van der Waals surface area contributed by atoms with Gasteiger partial charge in [-0.05, 0) is 32.9 Å². The van der Waals surface area contributed by atoms with Crippen LogP contribution < -0.4 is 5.32 Å². The van der Waals surface area contributed by atoms with E-state index in [0.717, 1.165) is 23.1 Å². The zero-order chi connectivity index (χ0) is 13.3. The van der Waals surface area contributed by atoms with Crippen molar-refractivity contribution >= 4 is 15.9 Å². The second kappa shape index (κ2) is 5.27. The first kappa shape index (κ1) is 14.0. The van der Waals surface area contributed by atoms with E-state index in [-0.39, 0.29) is 11.4 Å². The Kier molecular flexibility index (Phi) is 4.09. The van der Waals surface area contributed by atoms with Gasteiger partial charge in [0, 0.05) is 41.3 Å². The highest BCUT2D eigenvalue weighted by Gasteiger charge is 2.30. The Hall–Kier alpha value is -0.450. The summed E-state index contributed by atoms with van der Waals surface area (Å²) >= 11 is 3.29. The Morgan fingerprint density at radius 2 is 2.22 bits per heavy atom. The van der Waals surface area contributed by atoms with Crippen LogP contribution in [-0.2, 0) is 6.54 Å². The first-order chi connectivity index (χ1) is 8.37. The lowest BCUT2D eigenvalue weighted by molar-refractivity contribution is 0.0966. The van der Waals surface area contributed by atoms with Crippen LogP contribution in [0.15, 0.2) is 22.7 Å². The van der Waals surface area contributed by atoms with Crippen LogP contribution >= 0.6 is 15.9 Å². The quantitative estimate of drug-likeness (QED) is 0.902. The fraction of sp³-hybridized carbons (Fsp3) is 0.571. The van der Waals surface area contributed by atoms with Gasteiger partial charge in [0.05, 0.1) is 0 Å². The monoisotopic (exact) mass is 314 g/mol. The highest BCUT2D eigenvalue weighted by molar-refractivity contribution is 9.10. The van der Waals surface area contributed by atoms with Crippen molar-refractivity contribution in [3.8, 4) is 0 Å². The summed E-state index contributed by atoms with van der Waals surface area (Å²) in [5, 5.41) is 3.50. The minimum absolute atomic E-state index is 0.0956. The average Bonchev–Trinajstić information content (AvgIpc) is 2.27. The summed E-state index contributed by atoms with van der Waals surface area (Å²) in [5.74, 6) is -0.132. The molecule has 1 aliphatic heterocycles. The molecule has 2 nitrogen and oxygen atoms in total. The molecule has 0 radical (unpaired) electrons. The number of nitrogens with zero attached hydrogens (tertiary/aromatic N) is 1. The van der Waals surface area contributed by atoms with Crippen molar-refractivity contribution in [2.75, 3.05) is 13.1 Å². The van der Waals surface area contributed by atoms with Crippen molar-refractivity contribution in [3.05, 3.63) is 34.1 Å². The van der Waals surface area contributed by atoms with E-state index >= 15 is 0 Å². The third-order valence-corrected chi connectivity index (χ3v) is 3.98. The maximum Gasteiger partial charge on any atom is 0.128 e. The van der Waals surface area contributed by atoms with E-state index < -0.39 is 0 Å². The molecule has 2 rings (SSSR count). The molecule has 100 valence electrons. The van der Waals surface area contributed by atoms with E-state index in [4.69, 9.17) is 0 Å². The molecule has 1 aliphatic rings. The first-order valence-electron chi connectivity index (χ1n) is 6.30. The number of piperazine rings is 1. The van der Waals surface area contributed by atoms with Crippen molar-refractivity contribution in [1.82, 2.24) is 10.2 Å². The molecule has 0 amide bonds. The topological polar surface area (TPSA) is 15.3 Å². The summed E-state index contributed by atoms with van der Waals surface area (Å²) in [6.07, 6.45) is 0. The molecule has 1 atom stereocenters. The van der Waals surface area contributed by atoms with Gasteiger partial charge in [-0.15, -0.1) is 0 Å². The predicted molar refractivity (Wildman–Crippen MR) is 76.1 cm³/mol. The van der Waals surface area contributed by atoms with Gasteiger partial charge in [-0.3, -0.25) is 4.90 Å². The van der Waals surface area contributed by atoms with Crippen LogP contribution in [0.5, 0.6) is 0 Å². The van der Waals surface area contributed by atoms with Crippen LogP contribution in [-0.4, -0.2) is 29.6 Å². The number of rotatable bonds is 2. The number of halogens is 2. The summed E-state index contributed by atoms with van der Waals surface area (Å²) in [6, 6.07) is 5.73. The number of nitrogens with one attached hydrogen (secondary N) is 1. The molecule has 1 aromatic carbocycles. The largest absolute Gasteiger partial charge is 0.309 e. The molecule has 1 aromatic rings. The second-order valence-corrected chi connectivity index (χ2v) is 6.67. The molecule has 18 heavy (non-hydrogen) atoms. The van der Waals surface area contributed by atoms with Gasteiger partial charge in [-0.2, -0.15) is 0 Å².